The minimum Gasteiger partial charge on any atom is -0.393 e. The molecule has 3 fully saturated rings. The predicted molar refractivity (Wildman–Crippen MR) is 92.0 cm³/mol. The molecular formula is C19H36N2O. The minimum absolute atomic E-state index is 0.165. The molecule has 0 radical (unpaired) electrons. The third kappa shape index (κ3) is 4.69. The molecule has 2 N–H and O–H groups in total. The molecular weight excluding hydrogens is 272 g/mol. The number of hydrogen-bond acceptors (Lipinski definition) is 3. The van der Waals surface area contributed by atoms with Crippen molar-refractivity contribution in [2.24, 2.45) is 11.8 Å². The Morgan fingerprint density at radius 2 is 1.64 bits per heavy atom. The standard InChI is InChI=1S/C19H36N2O/c1-15(22)17-11-19(20-18-9-3-2-4-10-18)14-21(13-17)12-16-7-5-6-8-16/h15-20,22H,2-14H2,1H3. The molecule has 0 spiro atoms. The summed E-state index contributed by atoms with van der Waals surface area (Å²) in [4.78, 5) is 2.66. The van der Waals surface area contributed by atoms with Gasteiger partial charge in [-0.1, -0.05) is 32.1 Å². The van der Waals surface area contributed by atoms with Gasteiger partial charge in [0.25, 0.3) is 0 Å². The van der Waals surface area contributed by atoms with Gasteiger partial charge in [-0.3, -0.25) is 0 Å². The lowest BCUT2D eigenvalue weighted by molar-refractivity contribution is 0.0386. The molecule has 3 heteroatoms. The van der Waals surface area contributed by atoms with Gasteiger partial charge in [-0.15, -0.1) is 0 Å². The van der Waals surface area contributed by atoms with Gasteiger partial charge in [0.15, 0.2) is 0 Å². The molecule has 3 nitrogen and oxygen atoms in total. The maximum absolute atomic E-state index is 10.1. The molecule has 0 amide bonds. The van der Waals surface area contributed by atoms with E-state index in [1.807, 2.05) is 6.92 Å². The van der Waals surface area contributed by atoms with Crippen LogP contribution in [0.4, 0.5) is 0 Å². The van der Waals surface area contributed by atoms with Gasteiger partial charge in [-0.25, -0.2) is 0 Å². The van der Waals surface area contributed by atoms with E-state index in [-0.39, 0.29) is 6.10 Å². The van der Waals surface area contributed by atoms with E-state index in [2.05, 4.69) is 10.2 Å². The first kappa shape index (κ1) is 16.7. The van der Waals surface area contributed by atoms with Crippen molar-refractivity contribution in [3.63, 3.8) is 0 Å². The first-order valence-corrected chi connectivity index (χ1v) is 9.87. The van der Waals surface area contributed by atoms with Crippen LogP contribution < -0.4 is 5.32 Å². The maximum Gasteiger partial charge on any atom is 0.0553 e. The van der Waals surface area contributed by atoms with Crippen molar-refractivity contribution < 1.29 is 5.11 Å². The van der Waals surface area contributed by atoms with Crippen LogP contribution in [0.2, 0.25) is 0 Å². The second-order valence-electron chi connectivity index (χ2n) is 8.30. The first-order chi connectivity index (χ1) is 10.7. The average molecular weight is 309 g/mol. The second-order valence-corrected chi connectivity index (χ2v) is 8.30. The Bertz CT molecular complexity index is 319. The Morgan fingerprint density at radius 1 is 0.955 bits per heavy atom. The van der Waals surface area contributed by atoms with Crippen LogP contribution in [0.5, 0.6) is 0 Å². The number of nitrogens with zero attached hydrogens (tertiary/aromatic N) is 1. The SMILES string of the molecule is CC(O)C1CC(NC2CCCCC2)CN(CC2CCCC2)C1. The predicted octanol–water partition coefficient (Wildman–Crippen LogP) is 3.17. The number of likely N-dealkylation sites (tertiary alicyclic amines) is 1. The summed E-state index contributed by atoms with van der Waals surface area (Å²) in [6, 6.07) is 1.33. The summed E-state index contributed by atoms with van der Waals surface area (Å²) >= 11 is 0. The number of hydrogen-bond donors (Lipinski definition) is 2. The van der Waals surface area contributed by atoms with Gasteiger partial charge in [0.2, 0.25) is 0 Å². The van der Waals surface area contributed by atoms with Crippen LogP contribution in [0.25, 0.3) is 0 Å². The van der Waals surface area contributed by atoms with Crippen molar-refractivity contribution in [1.82, 2.24) is 10.2 Å². The van der Waals surface area contributed by atoms with E-state index in [4.69, 9.17) is 0 Å². The van der Waals surface area contributed by atoms with Crippen molar-refractivity contribution in [1.29, 1.82) is 0 Å². The molecule has 2 saturated carbocycles. The maximum atomic E-state index is 10.1. The van der Waals surface area contributed by atoms with Crippen molar-refractivity contribution in [3.05, 3.63) is 0 Å². The summed E-state index contributed by atoms with van der Waals surface area (Å²) in [5, 5.41) is 14.1. The lowest BCUT2D eigenvalue weighted by atomic mass is 9.87. The van der Waals surface area contributed by atoms with Crippen LogP contribution in [-0.2, 0) is 0 Å². The lowest BCUT2D eigenvalue weighted by Gasteiger charge is -2.42. The zero-order valence-corrected chi connectivity index (χ0v) is 14.5. The molecule has 3 aliphatic rings. The Balaban J connectivity index is 1.54. The average Bonchev–Trinajstić information content (AvgIpc) is 3.01. The van der Waals surface area contributed by atoms with Crippen molar-refractivity contribution in [3.8, 4) is 0 Å². The summed E-state index contributed by atoms with van der Waals surface area (Å²) in [6.45, 7) is 5.57. The number of rotatable bonds is 5. The largest absolute Gasteiger partial charge is 0.393 e. The molecule has 2 aliphatic carbocycles. The molecule has 1 saturated heterocycles. The van der Waals surface area contributed by atoms with E-state index in [9.17, 15) is 5.11 Å². The zero-order chi connectivity index (χ0) is 15.4. The molecule has 128 valence electrons. The van der Waals surface area contributed by atoms with Crippen molar-refractivity contribution in [2.45, 2.75) is 89.3 Å². The molecule has 22 heavy (non-hydrogen) atoms. The highest BCUT2D eigenvalue weighted by Gasteiger charge is 2.32. The summed E-state index contributed by atoms with van der Waals surface area (Å²) in [6.07, 6.45) is 13.7. The topological polar surface area (TPSA) is 35.5 Å². The van der Waals surface area contributed by atoms with Crippen LogP contribution in [0.1, 0.15) is 71.1 Å². The highest BCUT2D eigenvalue weighted by molar-refractivity contribution is 4.89. The minimum atomic E-state index is -0.165. The Kier molecular flexibility index (Phi) is 6.17. The number of aliphatic hydroxyl groups is 1. The van der Waals surface area contributed by atoms with Crippen LogP contribution >= 0.6 is 0 Å². The summed E-state index contributed by atoms with van der Waals surface area (Å²) < 4.78 is 0. The Hall–Kier alpha value is -0.120. The number of nitrogens with one attached hydrogen (secondary N) is 1. The number of piperidine rings is 1. The zero-order valence-electron chi connectivity index (χ0n) is 14.5. The van der Waals surface area contributed by atoms with Gasteiger partial charge >= 0.3 is 0 Å². The molecule has 3 rings (SSSR count). The molecule has 3 unspecified atom stereocenters. The van der Waals surface area contributed by atoms with E-state index in [1.165, 1.54) is 70.9 Å². The lowest BCUT2D eigenvalue weighted by Crippen LogP contribution is -2.54. The second kappa shape index (κ2) is 8.12. The summed E-state index contributed by atoms with van der Waals surface area (Å²) in [5.74, 6) is 1.37. The molecule has 0 aromatic carbocycles. The van der Waals surface area contributed by atoms with Crippen molar-refractivity contribution >= 4 is 0 Å². The normalized spacial score (nSPS) is 34.1. The van der Waals surface area contributed by atoms with Crippen LogP contribution in [-0.4, -0.2) is 47.8 Å². The quantitative estimate of drug-likeness (QED) is 0.819. The Morgan fingerprint density at radius 3 is 2.32 bits per heavy atom. The monoisotopic (exact) mass is 308 g/mol. The van der Waals surface area contributed by atoms with E-state index < -0.39 is 0 Å². The molecule has 1 aliphatic heterocycles. The van der Waals surface area contributed by atoms with E-state index >= 15 is 0 Å². The fourth-order valence-electron chi connectivity index (χ4n) is 5.01. The third-order valence-corrected chi connectivity index (χ3v) is 6.31. The van der Waals surface area contributed by atoms with Gasteiger partial charge in [0.05, 0.1) is 6.10 Å². The first-order valence-electron chi connectivity index (χ1n) is 9.87. The van der Waals surface area contributed by atoms with E-state index in [0.717, 1.165) is 24.9 Å². The van der Waals surface area contributed by atoms with Gasteiger partial charge in [0, 0.05) is 31.7 Å². The van der Waals surface area contributed by atoms with E-state index in [1.54, 1.807) is 0 Å². The molecule has 3 atom stereocenters. The fourth-order valence-corrected chi connectivity index (χ4v) is 5.01. The van der Waals surface area contributed by atoms with Gasteiger partial charge in [-0.05, 0) is 50.9 Å². The molecule has 1 heterocycles. The van der Waals surface area contributed by atoms with Crippen LogP contribution in [0, 0.1) is 11.8 Å². The van der Waals surface area contributed by atoms with E-state index in [0.29, 0.717) is 12.0 Å². The highest BCUT2D eigenvalue weighted by atomic mass is 16.3. The van der Waals surface area contributed by atoms with Crippen LogP contribution in [0.3, 0.4) is 0 Å². The van der Waals surface area contributed by atoms with Crippen LogP contribution in [0.15, 0.2) is 0 Å². The highest BCUT2D eigenvalue weighted by Crippen LogP contribution is 2.29. The third-order valence-electron chi connectivity index (χ3n) is 6.31. The molecule has 0 aromatic heterocycles. The van der Waals surface area contributed by atoms with Gasteiger partial charge in [-0.2, -0.15) is 0 Å². The van der Waals surface area contributed by atoms with Gasteiger partial charge in [0.1, 0.15) is 0 Å². The smallest absolute Gasteiger partial charge is 0.0553 e. The molecule has 0 bridgehead atoms. The summed E-state index contributed by atoms with van der Waals surface area (Å²) in [7, 11) is 0. The summed E-state index contributed by atoms with van der Waals surface area (Å²) in [5.41, 5.74) is 0. The number of aliphatic hydroxyl groups excluding tert-OH is 1. The molecule has 0 aromatic rings. The van der Waals surface area contributed by atoms with Crippen molar-refractivity contribution in [2.75, 3.05) is 19.6 Å². The van der Waals surface area contributed by atoms with Gasteiger partial charge < -0.3 is 15.3 Å². The Labute approximate surface area is 136 Å². The fraction of sp³-hybridized carbons (Fsp3) is 1.00.